The highest BCUT2D eigenvalue weighted by molar-refractivity contribution is 9.10. The summed E-state index contributed by atoms with van der Waals surface area (Å²) in [4.78, 5) is 9.18. The van der Waals surface area contributed by atoms with Gasteiger partial charge in [-0.15, -0.1) is 13.2 Å². The lowest BCUT2D eigenvalue weighted by molar-refractivity contribution is -0.274. The molecule has 2 aromatic carbocycles. The molecule has 0 atom stereocenters. The average Bonchev–Trinajstić information content (AvgIpc) is 3.22. The van der Waals surface area contributed by atoms with Crippen molar-refractivity contribution in [2.24, 2.45) is 0 Å². The van der Waals surface area contributed by atoms with E-state index in [0.717, 1.165) is 41.4 Å². The van der Waals surface area contributed by atoms with Crippen molar-refractivity contribution in [3.05, 3.63) is 58.6 Å². The van der Waals surface area contributed by atoms with Crippen LogP contribution in [0.4, 0.5) is 30.6 Å². The Morgan fingerprint density at radius 2 is 1.81 bits per heavy atom. The number of ether oxygens (including phenoxy) is 1. The van der Waals surface area contributed by atoms with Crippen LogP contribution in [-0.4, -0.2) is 22.4 Å². The summed E-state index contributed by atoms with van der Waals surface area (Å²) in [5.41, 5.74) is 2.88. The first-order valence-electron chi connectivity index (χ1n) is 10.3. The van der Waals surface area contributed by atoms with Gasteiger partial charge in [0.1, 0.15) is 11.6 Å². The second-order valence-corrected chi connectivity index (χ2v) is 8.66. The van der Waals surface area contributed by atoms with E-state index >= 15 is 0 Å². The van der Waals surface area contributed by atoms with E-state index in [9.17, 15) is 13.2 Å². The number of aryl methyl sites for hydroxylation is 1. The Kier molecular flexibility index (Phi) is 6.55. The molecular weight excluding hydrogens is 485 g/mol. The normalized spacial score (nSPS) is 14.4. The van der Waals surface area contributed by atoms with E-state index in [0.29, 0.717) is 23.0 Å². The lowest BCUT2D eigenvalue weighted by atomic mass is 10.1. The Hall–Kier alpha value is -2.81. The van der Waals surface area contributed by atoms with Gasteiger partial charge in [0, 0.05) is 27.8 Å². The molecule has 0 spiro atoms. The van der Waals surface area contributed by atoms with Crippen molar-refractivity contribution >= 4 is 33.4 Å². The number of anilines is 3. The van der Waals surface area contributed by atoms with Crippen LogP contribution < -0.4 is 15.4 Å². The molecule has 1 heterocycles. The summed E-state index contributed by atoms with van der Waals surface area (Å²) in [6.45, 7) is 1.98. The van der Waals surface area contributed by atoms with Crippen molar-refractivity contribution in [2.45, 2.75) is 45.0 Å². The van der Waals surface area contributed by atoms with Crippen molar-refractivity contribution in [2.75, 3.05) is 10.6 Å². The monoisotopic (exact) mass is 506 g/mol. The van der Waals surface area contributed by atoms with Crippen molar-refractivity contribution < 1.29 is 17.9 Å². The van der Waals surface area contributed by atoms with Crippen LogP contribution in [0.2, 0.25) is 0 Å². The number of rotatable bonds is 6. The number of hydrogen-bond acceptors (Lipinski definition) is 5. The van der Waals surface area contributed by atoms with Crippen LogP contribution in [0.25, 0.3) is 11.3 Å². The van der Waals surface area contributed by atoms with E-state index in [-0.39, 0.29) is 11.8 Å². The molecule has 1 fully saturated rings. The van der Waals surface area contributed by atoms with Gasteiger partial charge >= 0.3 is 6.36 Å². The molecule has 0 aliphatic heterocycles. The number of nitrogens with zero attached hydrogens (tertiary/aromatic N) is 2. The number of aromatic nitrogens is 2. The van der Waals surface area contributed by atoms with E-state index in [2.05, 4.69) is 41.3 Å². The first-order valence-corrected chi connectivity index (χ1v) is 11.1. The Morgan fingerprint density at radius 1 is 1.03 bits per heavy atom. The summed E-state index contributed by atoms with van der Waals surface area (Å²) in [6, 6.07) is 13.6. The van der Waals surface area contributed by atoms with E-state index in [1.165, 1.54) is 18.2 Å². The van der Waals surface area contributed by atoms with Gasteiger partial charge in [0.2, 0.25) is 5.95 Å². The van der Waals surface area contributed by atoms with Gasteiger partial charge in [-0.3, -0.25) is 0 Å². The minimum Gasteiger partial charge on any atom is -0.406 e. The summed E-state index contributed by atoms with van der Waals surface area (Å²) in [5, 5.41) is 6.68. The van der Waals surface area contributed by atoms with Gasteiger partial charge in [0.25, 0.3) is 0 Å². The maximum atomic E-state index is 12.7. The Labute approximate surface area is 192 Å². The summed E-state index contributed by atoms with van der Waals surface area (Å²) in [5.74, 6) is 0.689. The number of alkyl halides is 3. The van der Waals surface area contributed by atoms with E-state index in [1.54, 1.807) is 12.1 Å². The standard InChI is InChI=1S/C23H22BrF3N4O/c1-14-11-16(24)9-10-19(14)29-21-13-20(30-22(31-21)28-17-6-2-3-7-17)15-5-4-8-18(12-15)32-23(25,26)27/h4-5,8-13,17H,2-3,6-7H2,1H3,(H2,28,29,30,31). The summed E-state index contributed by atoms with van der Waals surface area (Å²) >= 11 is 3.46. The number of halogens is 4. The molecule has 32 heavy (non-hydrogen) atoms. The largest absolute Gasteiger partial charge is 0.573 e. The zero-order chi connectivity index (χ0) is 22.7. The SMILES string of the molecule is Cc1cc(Br)ccc1Nc1cc(-c2cccc(OC(F)(F)F)c2)nc(NC2CCCC2)n1. The second kappa shape index (κ2) is 9.36. The molecule has 2 N–H and O–H groups in total. The first kappa shape index (κ1) is 22.4. The molecule has 0 bridgehead atoms. The lowest BCUT2D eigenvalue weighted by Gasteiger charge is -2.16. The quantitative estimate of drug-likeness (QED) is 0.369. The minimum atomic E-state index is -4.76. The highest BCUT2D eigenvalue weighted by Crippen LogP contribution is 2.31. The molecule has 4 rings (SSSR count). The van der Waals surface area contributed by atoms with Gasteiger partial charge in [0.05, 0.1) is 5.69 Å². The smallest absolute Gasteiger partial charge is 0.406 e. The third-order valence-corrected chi connectivity index (χ3v) is 5.72. The van der Waals surface area contributed by atoms with Gasteiger partial charge in [-0.05, 0) is 55.7 Å². The molecule has 0 amide bonds. The van der Waals surface area contributed by atoms with Crippen molar-refractivity contribution in [3.63, 3.8) is 0 Å². The zero-order valence-electron chi connectivity index (χ0n) is 17.3. The summed E-state index contributed by atoms with van der Waals surface area (Å²) < 4.78 is 43.0. The molecule has 0 saturated heterocycles. The molecule has 3 aromatic rings. The fourth-order valence-electron chi connectivity index (χ4n) is 3.73. The number of hydrogen-bond donors (Lipinski definition) is 2. The fourth-order valence-corrected chi connectivity index (χ4v) is 4.21. The maximum absolute atomic E-state index is 12.7. The molecule has 168 valence electrons. The van der Waals surface area contributed by atoms with Crippen LogP contribution in [0.1, 0.15) is 31.2 Å². The fraction of sp³-hybridized carbons (Fsp3) is 0.304. The highest BCUT2D eigenvalue weighted by Gasteiger charge is 2.31. The third kappa shape index (κ3) is 5.91. The molecule has 1 aliphatic carbocycles. The first-order chi connectivity index (χ1) is 15.2. The molecule has 5 nitrogen and oxygen atoms in total. The maximum Gasteiger partial charge on any atom is 0.573 e. The Bertz CT molecular complexity index is 1100. The lowest BCUT2D eigenvalue weighted by Crippen LogP contribution is -2.17. The predicted octanol–water partition coefficient (Wildman–Crippen LogP) is 7.21. The van der Waals surface area contributed by atoms with Crippen LogP contribution in [0.5, 0.6) is 5.75 Å². The molecule has 1 saturated carbocycles. The van der Waals surface area contributed by atoms with Crippen molar-refractivity contribution in [1.29, 1.82) is 0 Å². The van der Waals surface area contributed by atoms with Gasteiger partial charge in [-0.1, -0.05) is 40.9 Å². The van der Waals surface area contributed by atoms with Crippen LogP contribution in [0.15, 0.2) is 53.0 Å². The van der Waals surface area contributed by atoms with Gasteiger partial charge in [-0.2, -0.15) is 4.98 Å². The minimum absolute atomic E-state index is 0.285. The second-order valence-electron chi connectivity index (χ2n) is 7.75. The van der Waals surface area contributed by atoms with Crippen molar-refractivity contribution in [3.8, 4) is 17.0 Å². The number of benzene rings is 2. The Morgan fingerprint density at radius 3 is 2.53 bits per heavy atom. The molecule has 9 heteroatoms. The van der Waals surface area contributed by atoms with Gasteiger partial charge < -0.3 is 15.4 Å². The van der Waals surface area contributed by atoms with Crippen LogP contribution in [0.3, 0.4) is 0 Å². The highest BCUT2D eigenvalue weighted by atomic mass is 79.9. The third-order valence-electron chi connectivity index (χ3n) is 5.23. The van der Waals surface area contributed by atoms with E-state index < -0.39 is 6.36 Å². The summed E-state index contributed by atoms with van der Waals surface area (Å²) in [7, 11) is 0. The topological polar surface area (TPSA) is 59.1 Å². The molecule has 0 unspecified atom stereocenters. The molecule has 1 aromatic heterocycles. The van der Waals surface area contributed by atoms with Crippen molar-refractivity contribution in [1.82, 2.24) is 9.97 Å². The van der Waals surface area contributed by atoms with Gasteiger partial charge in [-0.25, -0.2) is 4.98 Å². The number of nitrogens with one attached hydrogen (secondary N) is 2. The molecule has 1 aliphatic rings. The van der Waals surface area contributed by atoms with Crippen LogP contribution >= 0.6 is 15.9 Å². The van der Waals surface area contributed by atoms with Crippen LogP contribution in [-0.2, 0) is 0 Å². The predicted molar refractivity (Wildman–Crippen MR) is 122 cm³/mol. The summed E-state index contributed by atoms with van der Waals surface area (Å²) in [6.07, 6.45) is -0.381. The Balaban J connectivity index is 1.69. The molecule has 0 radical (unpaired) electrons. The van der Waals surface area contributed by atoms with Gasteiger partial charge in [0.15, 0.2) is 0 Å². The van der Waals surface area contributed by atoms with Crippen LogP contribution in [0, 0.1) is 6.92 Å². The zero-order valence-corrected chi connectivity index (χ0v) is 18.9. The van der Waals surface area contributed by atoms with E-state index in [1.807, 2.05) is 25.1 Å². The molecular formula is C23H22BrF3N4O. The van der Waals surface area contributed by atoms with E-state index in [4.69, 9.17) is 0 Å². The average molecular weight is 507 g/mol.